The van der Waals surface area contributed by atoms with Crippen LogP contribution in [0.2, 0.25) is 0 Å². The summed E-state index contributed by atoms with van der Waals surface area (Å²) in [5, 5.41) is 15.3. The zero-order chi connectivity index (χ0) is 21.8. The van der Waals surface area contributed by atoms with E-state index in [0.717, 1.165) is 38.5 Å². The first-order valence-electron chi connectivity index (χ1n) is 9.87. The number of aromatic nitrogens is 4. The summed E-state index contributed by atoms with van der Waals surface area (Å²) in [7, 11) is 1.97. The van der Waals surface area contributed by atoms with E-state index in [0.29, 0.717) is 5.75 Å². The SMILES string of the molecule is Cc1ccc(-c2nnc(SCc3csc(CC(=O)Nc4ccccc4C)n3)n2C)cc1. The van der Waals surface area contributed by atoms with Crippen LogP contribution in [0.25, 0.3) is 11.4 Å². The van der Waals surface area contributed by atoms with Gasteiger partial charge < -0.3 is 9.88 Å². The number of carbonyl (C=O) groups excluding carboxylic acids is 1. The first kappa shape index (κ1) is 21.3. The topological polar surface area (TPSA) is 72.7 Å². The summed E-state index contributed by atoms with van der Waals surface area (Å²) in [4.78, 5) is 17.0. The molecule has 158 valence electrons. The first-order valence-corrected chi connectivity index (χ1v) is 11.7. The quantitative estimate of drug-likeness (QED) is 0.401. The van der Waals surface area contributed by atoms with E-state index >= 15 is 0 Å². The second-order valence-corrected chi connectivity index (χ2v) is 9.18. The Hall–Kier alpha value is -2.97. The molecule has 0 saturated heterocycles. The highest BCUT2D eigenvalue weighted by Crippen LogP contribution is 2.26. The fourth-order valence-electron chi connectivity index (χ4n) is 3.07. The zero-order valence-electron chi connectivity index (χ0n) is 17.6. The Morgan fingerprint density at radius 2 is 1.87 bits per heavy atom. The molecule has 0 radical (unpaired) electrons. The Morgan fingerprint density at radius 1 is 1.10 bits per heavy atom. The van der Waals surface area contributed by atoms with Crippen LogP contribution in [0, 0.1) is 13.8 Å². The molecule has 0 aliphatic rings. The van der Waals surface area contributed by atoms with Crippen LogP contribution in [0.1, 0.15) is 21.8 Å². The monoisotopic (exact) mass is 449 g/mol. The molecule has 0 spiro atoms. The fourth-order valence-corrected chi connectivity index (χ4v) is 4.78. The molecule has 0 bridgehead atoms. The van der Waals surface area contributed by atoms with Gasteiger partial charge in [0.2, 0.25) is 5.91 Å². The number of thioether (sulfide) groups is 1. The number of benzene rings is 2. The van der Waals surface area contributed by atoms with Crippen LogP contribution < -0.4 is 5.32 Å². The van der Waals surface area contributed by atoms with E-state index in [2.05, 4.69) is 51.7 Å². The zero-order valence-corrected chi connectivity index (χ0v) is 19.3. The van der Waals surface area contributed by atoms with Crippen LogP contribution in [-0.4, -0.2) is 25.7 Å². The van der Waals surface area contributed by atoms with Crippen molar-refractivity contribution in [1.29, 1.82) is 0 Å². The highest BCUT2D eigenvalue weighted by atomic mass is 32.2. The molecule has 0 atom stereocenters. The van der Waals surface area contributed by atoms with Crippen LogP contribution in [0.5, 0.6) is 0 Å². The van der Waals surface area contributed by atoms with E-state index in [1.165, 1.54) is 16.9 Å². The van der Waals surface area contributed by atoms with Gasteiger partial charge in [0.15, 0.2) is 11.0 Å². The molecule has 0 aliphatic carbocycles. The van der Waals surface area contributed by atoms with Crippen molar-refractivity contribution in [3.8, 4) is 11.4 Å². The lowest BCUT2D eigenvalue weighted by molar-refractivity contribution is -0.115. The molecule has 31 heavy (non-hydrogen) atoms. The van der Waals surface area contributed by atoms with Gasteiger partial charge in [-0.25, -0.2) is 4.98 Å². The van der Waals surface area contributed by atoms with Gasteiger partial charge in [0.1, 0.15) is 5.01 Å². The normalized spacial score (nSPS) is 10.9. The van der Waals surface area contributed by atoms with Crippen molar-refractivity contribution in [2.24, 2.45) is 7.05 Å². The highest BCUT2D eigenvalue weighted by Gasteiger charge is 2.13. The number of aryl methyl sites for hydroxylation is 2. The maximum atomic E-state index is 12.4. The van der Waals surface area contributed by atoms with Gasteiger partial charge in [0, 0.05) is 29.4 Å². The molecule has 2 heterocycles. The molecule has 1 N–H and O–H groups in total. The summed E-state index contributed by atoms with van der Waals surface area (Å²) in [5.74, 6) is 1.46. The van der Waals surface area contributed by atoms with Gasteiger partial charge in [0.25, 0.3) is 0 Å². The predicted molar refractivity (Wildman–Crippen MR) is 126 cm³/mol. The van der Waals surface area contributed by atoms with Crippen molar-refractivity contribution >= 4 is 34.7 Å². The second kappa shape index (κ2) is 9.45. The van der Waals surface area contributed by atoms with E-state index in [1.54, 1.807) is 11.8 Å². The van der Waals surface area contributed by atoms with Crippen molar-refractivity contribution < 1.29 is 4.79 Å². The Bertz CT molecular complexity index is 1200. The molecule has 1 amide bonds. The number of amides is 1. The van der Waals surface area contributed by atoms with Crippen LogP contribution in [-0.2, 0) is 24.0 Å². The fraction of sp³-hybridized carbons (Fsp3) is 0.217. The Labute approximate surface area is 189 Å². The Morgan fingerprint density at radius 3 is 2.65 bits per heavy atom. The lowest BCUT2D eigenvalue weighted by Crippen LogP contribution is -2.15. The van der Waals surface area contributed by atoms with Gasteiger partial charge in [-0.05, 0) is 25.5 Å². The van der Waals surface area contributed by atoms with Crippen LogP contribution in [0.15, 0.2) is 59.1 Å². The summed E-state index contributed by atoms with van der Waals surface area (Å²) >= 11 is 3.10. The van der Waals surface area contributed by atoms with Gasteiger partial charge in [-0.2, -0.15) is 0 Å². The minimum Gasteiger partial charge on any atom is -0.325 e. The van der Waals surface area contributed by atoms with Crippen LogP contribution in [0.3, 0.4) is 0 Å². The molecule has 8 heteroatoms. The summed E-state index contributed by atoms with van der Waals surface area (Å²) < 4.78 is 2.00. The average molecular weight is 450 g/mol. The van der Waals surface area contributed by atoms with E-state index in [4.69, 9.17) is 0 Å². The van der Waals surface area contributed by atoms with Crippen molar-refractivity contribution in [3.63, 3.8) is 0 Å². The molecular formula is C23H23N5OS2. The van der Waals surface area contributed by atoms with Gasteiger partial charge in [0.05, 0.1) is 12.1 Å². The summed E-state index contributed by atoms with van der Waals surface area (Å²) in [6, 6.07) is 16.0. The number of nitrogens with zero attached hydrogens (tertiary/aromatic N) is 4. The lowest BCUT2D eigenvalue weighted by Gasteiger charge is -2.06. The average Bonchev–Trinajstić information content (AvgIpc) is 3.35. The molecular weight excluding hydrogens is 426 g/mol. The maximum absolute atomic E-state index is 12.4. The van der Waals surface area contributed by atoms with Crippen molar-refractivity contribution in [2.45, 2.75) is 31.2 Å². The molecule has 2 aromatic carbocycles. The smallest absolute Gasteiger partial charge is 0.231 e. The van der Waals surface area contributed by atoms with E-state index < -0.39 is 0 Å². The van der Waals surface area contributed by atoms with Crippen LogP contribution in [0.4, 0.5) is 5.69 Å². The predicted octanol–water partition coefficient (Wildman–Crippen LogP) is 5.03. The van der Waals surface area contributed by atoms with Crippen molar-refractivity contribution in [3.05, 3.63) is 75.7 Å². The Kier molecular flexibility index (Phi) is 6.48. The number of thiazole rings is 1. The number of hydrogen-bond donors (Lipinski definition) is 1. The molecule has 0 saturated carbocycles. The molecule has 4 rings (SSSR count). The van der Waals surface area contributed by atoms with Gasteiger partial charge in [-0.1, -0.05) is 59.8 Å². The van der Waals surface area contributed by atoms with Gasteiger partial charge in [-0.3, -0.25) is 4.79 Å². The van der Waals surface area contributed by atoms with Gasteiger partial charge >= 0.3 is 0 Å². The van der Waals surface area contributed by atoms with Gasteiger partial charge in [-0.15, -0.1) is 21.5 Å². The number of nitrogens with one attached hydrogen (secondary N) is 1. The molecule has 2 aromatic heterocycles. The summed E-state index contributed by atoms with van der Waals surface area (Å²) in [6.45, 7) is 4.04. The number of hydrogen-bond acceptors (Lipinski definition) is 6. The number of carbonyl (C=O) groups is 1. The lowest BCUT2D eigenvalue weighted by atomic mass is 10.1. The van der Waals surface area contributed by atoms with E-state index in [-0.39, 0.29) is 12.3 Å². The van der Waals surface area contributed by atoms with Crippen molar-refractivity contribution in [2.75, 3.05) is 5.32 Å². The third kappa shape index (κ3) is 5.21. The van der Waals surface area contributed by atoms with Crippen molar-refractivity contribution in [1.82, 2.24) is 19.7 Å². The largest absolute Gasteiger partial charge is 0.325 e. The summed E-state index contributed by atoms with van der Waals surface area (Å²) in [6.07, 6.45) is 0.269. The van der Waals surface area contributed by atoms with E-state index in [9.17, 15) is 4.79 Å². The molecule has 0 aliphatic heterocycles. The molecule has 6 nitrogen and oxygen atoms in total. The standard InChI is InChI=1S/C23H23N5OS2/c1-15-8-10-17(11-9-15)22-26-27-23(28(22)3)31-14-18-13-30-21(24-18)12-20(29)25-19-7-5-4-6-16(19)2/h4-11,13H,12,14H2,1-3H3,(H,25,29). The molecule has 4 aromatic rings. The van der Waals surface area contributed by atoms with Crippen LogP contribution >= 0.6 is 23.1 Å². The third-order valence-electron chi connectivity index (χ3n) is 4.82. The third-order valence-corrected chi connectivity index (χ3v) is 6.78. The first-order chi connectivity index (χ1) is 15.0. The highest BCUT2D eigenvalue weighted by molar-refractivity contribution is 7.98. The number of para-hydroxylation sites is 1. The molecule has 0 fully saturated rings. The number of anilines is 1. The Balaban J connectivity index is 1.35. The molecule has 0 unspecified atom stereocenters. The minimum atomic E-state index is -0.0566. The van der Waals surface area contributed by atoms with E-state index in [1.807, 2.05) is 48.2 Å². The maximum Gasteiger partial charge on any atom is 0.231 e. The second-order valence-electron chi connectivity index (χ2n) is 7.29. The summed E-state index contributed by atoms with van der Waals surface area (Å²) in [5.41, 5.74) is 5.08. The number of rotatable bonds is 7. The minimum absolute atomic E-state index is 0.0566.